The monoisotopic (exact) mass is 315 g/mol. The van der Waals surface area contributed by atoms with Gasteiger partial charge >= 0.3 is 0 Å². The molecule has 1 unspecified atom stereocenters. The summed E-state index contributed by atoms with van der Waals surface area (Å²) in [7, 11) is 3.30. The first kappa shape index (κ1) is 17.3. The van der Waals surface area contributed by atoms with Crippen LogP contribution in [0.3, 0.4) is 0 Å². The molecular weight excluding hydrogens is 290 g/mol. The topological polar surface area (TPSA) is 50.7 Å². The molecule has 2 rings (SSSR count). The van der Waals surface area contributed by atoms with Crippen molar-refractivity contribution in [2.45, 2.75) is 33.0 Å². The minimum absolute atomic E-state index is 0.0783. The van der Waals surface area contributed by atoms with Gasteiger partial charge < -0.3 is 19.9 Å². The Bertz CT molecular complexity index is 638. The molecule has 0 aromatic heterocycles. The molecule has 0 saturated heterocycles. The van der Waals surface area contributed by atoms with Gasteiger partial charge in [-0.1, -0.05) is 24.3 Å². The van der Waals surface area contributed by atoms with Crippen LogP contribution >= 0.6 is 0 Å². The lowest BCUT2D eigenvalue weighted by molar-refractivity contribution is 0.282. The Morgan fingerprint density at radius 3 is 2.13 bits per heavy atom. The summed E-state index contributed by atoms with van der Waals surface area (Å²) in [6.07, 6.45) is 0. The summed E-state index contributed by atoms with van der Waals surface area (Å²) in [5, 5.41) is 12.6. The van der Waals surface area contributed by atoms with Crippen molar-refractivity contribution in [3.05, 3.63) is 58.7 Å². The highest BCUT2D eigenvalue weighted by Gasteiger charge is 2.13. The molecule has 0 aliphatic rings. The van der Waals surface area contributed by atoms with Crippen molar-refractivity contribution in [3.8, 4) is 11.5 Å². The van der Waals surface area contributed by atoms with Crippen LogP contribution in [0.5, 0.6) is 11.5 Å². The minimum Gasteiger partial charge on any atom is -0.493 e. The molecule has 4 heteroatoms. The van der Waals surface area contributed by atoms with Crippen molar-refractivity contribution < 1.29 is 14.6 Å². The second-order valence-electron chi connectivity index (χ2n) is 5.64. The van der Waals surface area contributed by atoms with E-state index in [1.165, 1.54) is 16.7 Å². The Morgan fingerprint density at radius 1 is 1.00 bits per heavy atom. The van der Waals surface area contributed by atoms with Crippen molar-refractivity contribution in [2.75, 3.05) is 14.2 Å². The number of aliphatic hydroxyl groups excluding tert-OH is 1. The van der Waals surface area contributed by atoms with Crippen molar-refractivity contribution in [2.24, 2.45) is 0 Å². The summed E-state index contributed by atoms with van der Waals surface area (Å²) >= 11 is 0. The van der Waals surface area contributed by atoms with E-state index in [-0.39, 0.29) is 12.6 Å². The molecule has 1 atom stereocenters. The molecule has 4 nitrogen and oxygen atoms in total. The highest BCUT2D eigenvalue weighted by atomic mass is 16.5. The molecule has 2 aromatic carbocycles. The summed E-state index contributed by atoms with van der Waals surface area (Å²) in [6.45, 7) is 5.05. The van der Waals surface area contributed by atoms with E-state index in [0.717, 1.165) is 23.6 Å². The summed E-state index contributed by atoms with van der Waals surface area (Å²) in [6, 6.07) is 12.2. The number of ether oxygens (including phenoxy) is 2. The van der Waals surface area contributed by atoms with Gasteiger partial charge in [0.1, 0.15) is 0 Å². The van der Waals surface area contributed by atoms with Gasteiger partial charge in [-0.3, -0.25) is 0 Å². The van der Waals surface area contributed by atoms with Gasteiger partial charge in [-0.05, 0) is 48.2 Å². The predicted octanol–water partition coefficient (Wildman–Crippen LogP) is 3.36. The fraction of sp³-hybridized carbons (Fsp3) is 0.368. The molecule has 0 saturated carbocycles. The third-order valence-electron chi connectivity index (χ3n) is 4.06. The van der Waals surface area contributed by atoms with Gasteiger partial charge in [0.05, 0.1) is 20.8 Å². The van der Waals surface area contributed by atoms with Gasteiger partial charge in [0.15, 0.2) is 11.5 Å². The van der Waals surface area contributed by atoms with Crippen molar-refractivity contribution in [3.63, 3.8) is 0 Å². The number of methoxy groups -OCH3 is 2. The molecule has 124 valence electrons. The fourth-order valence-corrected chi connectivity index (χ4v) is 2.61. The second kappa shape index (κ2) is 7.99. The molecule has 2 N–H and O–H groups in total. The smallest absolute Gasteiger partial charge is 0.161 e. The average molecular weight is 315 g/mol. The number of nitrogens with one attached hydrogen (secondary N) is 1. The lowest BCUT2D eigenvalue weighted by atomic mass is 10.0. The minimum atomic E-state index is 0.0783. The summed E-state index contributed by atoms with van der Waals surface area (Å²) in [5.41, 5.74) is 4.47. The Balaban J connectivity index is 2.09. The van der Waals surface area contributed by atoms with Crippen LogP contribution in [0.2, 0.25) is 0 Å². The van der Waals surface area contributed by atoms with Crippen LogP contribution in [0.25, 0.3) is 0 Å². The summed E-state index contributed by atoms with van der Waals surface area (Å²) in [5.74, 6) is 1.49. The third kappa shape index (κ3) is 4.24. The van der Waals surface area contributed by atoms with E-state index >= 15 is 0 Å². The van der Waals surface area contributed by atoms with Crippen LogP contribution in [0.1, 0.15) is 35.2 Å². The van der Waals surface area contributed by atoms with E-state index in [9.17, 15) is 0 Å². The SMILES string of the molecule is COc1cc(C)c(C(C)NCc2ccc(CO)cc2)cc1OC. The van der Waals surface area contributed by atoms with E-state index in [2.05, 4.69) is 19.2 Å². The number of aryl methyl sites for hydroxylation is 1. The second-order valence-corrected chi connectivity index (χ2v) is 5.64. The van der Waals surface area contributed by atoms with Gasteiger partial charge in [-0.2, -0.15) is 0 Å². The molecule has 0 heterocycles. The normalized spacial score (nSPS) is 12.0. The van der Waals surface area contributed by atoms with Gasteiger partial charge in [0.25, 0.3) is 0 Å². The van der Waals surface area contributed by atoms with Crippen molar-refractivity contribution >= 4 is 0 Å². The Hall–Kier alpha value is -2.04. The number of rotatable bonds is 7. The van der Waals surface area contributed by atoms with Crippen molar-refractivity contribution in [1.82, 2.24) is 5.32 Å². The van der Waals surface area contributed by atoms with Crippen LogP contribution in [-0.2, 0) is 13.2 Å². The van der Waals surface area contributed by atoms with Crippen molar-refractivity contribution in [1.29, 1.82) is 0 Å². The maximum Gasteiger partial charge on any atom is 0.161 e. The number of benzene rings is 2. The number of hydrogen-bond acceptors (Lipinski definition) is 4. The first-order valence-corrected chi connectivity index (χ1v) is 7.73. The van der Waals surface area contributed by atoms with E-state index < -0.39 is 0 Å². The molecule has 0 aliphatic heterocycles. The van der Waals surface area contributed by atoms with Crippen LogP contribution in [0, 0.1) is 6.92 Å². The summed E-state index contributed by atoms with van der Waals surface area (Å²) in [4.78, 5) is 0. The van der Waals surface area contributed by atoms with Crippen LogP contribution in [0.15, 0.2) is 36.4 Å². The fourth-order valence-electron chi connectivity index (χ4n) is 2.61. The first-order valence-electron chi connectivity index (χ1n) is 7.73. The Kier molecular flexibility index (Phi) is 6.02. The first-order chi connectivity index (χ1) is 11.1. The molecule has 0 spiro atoms. The highest BCUT2D eigenvalue weighted by Crippen LogP contribution is 2.32. The van der Waals surface area contributed by atoms with Crippen LogP contribution < -0.4 is 14.8 Å². The molecule has 0 amide bonds. The zero-order chi connectivity index (χ0) is 16.8. The molecular formula is C19H25NO3. The Labute approximate surface area is 138 Å². The molecule has 0 fully saturated rings. The van der Waals surface area contributed by atoms with E-state index in [4.69, 9.17) is 14.6 Å². The van der Waals surface area contributed by atoms with Crippen LogP contribution in [0.4, 0.5) is 0 Å². The molecule has 23 heavy (non-hydrogen) atoms. The molecule has 2 aromatic rings. The van der Waals surface area contributed by atoms with E-state index in [1.807, 2.05) is 36.4 Å². The maximum atomic E-state index is 9.08. The van der Waals surface area contributed by atoms with Crippen LogP contribution in [-0.4, -0.2) is 19.3 Å². The zero-order valence-electron chi connectivity index (χ0n) is 14.2. The number of hydrogen-bond donors (Lipinski definition) is 2. The largest absolute Gasteiger partial charge is 0.493 e. The zero-order valence-corrected chi connectivity index (χ0v) is 14.2. The molecule has 0 radical (unpaired) electrons. The van der Waals surface area contributed by atoms with Gasteiger partial charge in [0, 0.05) is 12.6 Å². The van der Waals surface area contributed by atoms with Gasteiger partial charge in [-0.25, -0.2) is 0 Å². The molecule has 0 aliphatic carbocycles. The average Bonchev–Trinajstić information content (AvgIpc) is 2.59. The van der Waals surface area contributed by atoms with E-state index in [0.29, 0.717) is 0 Å². The lowest BCUT2D eigenvalue weighted by Gasteiger charge is -2.19. The third-order valence-corrected chi connectivity index (χ3v) is 4.06. The number of aliphatic hydroxyl groups is 1. The predicted molar refractivity (Wildman–Crippen MR) is 91.9 cm³/mol. The summed E-state index contributed by atoms with van der Waals surface area (Å²) < 4.78 is 10.7. The maximum absolute atomic E-state index is 9.08. The quantitative estimate of drug-likeness (QED) is 0.822. The highest BCUT2D eigenvalue weighted by molar-refractivity contribution is 5.48. The lowest BCUT2D eigenvalue weighted by Crippen LogP contribution is -2.19. The standard InChI is InChI=1S/C19H25NO3/c1-13-9-18(22-3)19(23-4)10-17(13)14(2)20-11-15-5-7-16(12-21)8-6-15/h5-10,14,20-21H,11-12H2,1-4H3. The van der Waals surface area contributed by atoms with Gasteiger partial charge in [0.2, 0.25) is 0 Å². The van der Waals surface area contributed by atoms with Gasteiger partial charge in [-0.15, -0.1) is 0 Å². The molecule has 0 bridgehead atoms. The Morgan fingerprint density at radius 2 is 1.57 bits per heavy atom. The van der Waals surface area contributed by atoms with E-state index in [1.54, 1.807) is 14.2 Å².